The van der Waals surface area contributed by atoms with Crippen LogP contribution in [0.3, 0.4) is 0 Å². The van der Waals surface area contributed by atoms with Gasteiger partial charge in [-0.3, -0.25) is 9.69 Å². The Balaban J connectivity index is 1.93. The van der Waals surface area contributed by atoms with Gasteiger partial charge < -0.3 is 4.74 Å². The van der Waals surface area contributed by atoms with Crippen molar-refractivity contribution in [1.82, 2.24) is 4.90 Å². The molecule has 124 valence electrons. The van der Waals surface area contributed by atoms with Crippen molar-refractivity contribution in [2.75, 3.05) is 7.05 Å². The number of amides is 1. The number of halogens is 1. The molecule has 1 aliphatic rings. The Kier molecular flexibility index (Phi) is 4.10. The second-order valence-corrected chi connectivity index (χ2v) is 6.67. The highest BCUT2D eigenvalue weighted by atomic mass is 35.5. The molecular weight excluding hydrogens is 326 g/mol. The molecule has 5 heteroatoms. The summed E-state index contributed by atoms with van der Waals surface area (Å²) in [5.74, 6) is 0. The van der Waals surface area contributed by atoms with Crippen LogP contribution in [-0.2, 0) is 9.53 Å². The van der Waals surface area contributed by atoms with Gasteiger partial charge in [-0.2, -0.15) is 0 Å². The van der Waals surface area contributed by atoms with E-state index in [4.69, 9.17) is 16.3 Å². The molecule has 0 aliphatic heterocycles. The molecule has 4 nitrogen and oxygen atoms in total. The van der Waals surface area contributed by atoms with Crippen molar-refractivity contribution in [2.24, 2.45) is 0 Å². The molecular formula is C19H18ClNO3. The molecule has 2 aromatic rings. The predicted octanol–water partition coefficient (Wildman–Crippen LogP) is 4.37. The van der Waals surface area contributed by atoms with Crippen molar-refractivity contribution in [3.05, 3.63) is 59.7 Å². The third kappa shape index (κ3) is 2.57. The van der Waals surface area contributed by atoms with Crippen molar-refractivity contribution in [3.8, 4) is 11.1 Å². The molecule has 3 rings (SSSR count). The zero-order valence-corrected chi connectivity index (χ0v) is 14.5. The van der Waals surface area contributed by atoms with Gasteiger partial charge in [-0.1, -0.05) is 48.5 Å². The molecule has 0 radical (unpaired) electrons. The summed E-state index contributed by atoms with van der Waals surface area (Å²) in [6.07, 6.45) is -1.08. The molecule has 0 bridgehead atoms. The van der Waals surface area contributed by atoms with E-state index in [1.54, 1.807) is 13.8 Å². The SMILES string of the molecule is CN(C(=O)OC1c2ccccc2-c2ccccc21)C(C)(C)C(=O)Cl. The van der Waals surface area contributed by atoms with Crippen LogP contribution in [-0.4, -0.2) is 28.8 Å². The Labute approximate surface area is 146 Å². The normalized spacial score (nSPS) is 13.2. The number of hydrogen-bond donors (Lipinski definition) is 0. The second kappa shape index (κ2) is 5.95. The summed E-state index contributed by atoms with van der Waals surface area (Å²) >= 11 is 5.60. The van der Waals surface area contributed by atoms with Gasteiger partial charge in [0.25, 0.3) is 0 Å². The number of benzene rings is 2. The van der Waals surface area contributed by atoms with Gasteiger partial charge in [0.05, 0.1) is 0 Å². The molecule has 0 atom stereocenters. The Morgan fingerprint density at radius 3 is 1.92 bits per heavy atom. The lowest BCUT2D eigenvalue weighted by Gasteiger charge is -2.32. The number of carbonyl (C=O) groups is 2. The zero-order chi connectivity index (χ0) is 17.5. The number of ether oxygens (including phenoxy) is 1. The van der Waals surface area contributed by atoms with E-state index in [1.165, 1.54) is 11.9 Å². The van der Waals surface area contributed by atoms with Crippen LogP contribution in [0, 0.1) is 0 Å². The molecule has 0 saturated heterocycles. The van der Waals surface area contributed by atoms with E-state index in [1.807, 2.05) is 48.5 Å². The van der Waals surface area contributed by atoms with Gasteiger partial charge in [0.1, 0.15) is 5.54 Å². The molecule has 1 amide bonds. The molecule has 0 fully saturated rings. The van der Waals surface area contributed by atoms with Crippen LogP contribution in [0.25, 0.3) is 11.1 Å². The first kappa shape index (κ1) is 16.5. The lowest BCUT2D eigenvalue weighted by molar-refractivity contribution is -0.120. The molecule has 0 saturated carbocycles. The zero-order valence-electron chi connectivity index (χ0n) is 13.7. The van der Waals surface area contributed by atoms with Gasteiger partial charge in [-0.25, -0.2) is 4.79 Å². The van der Waals surface area contributed by atoms with E-state index in [2.05, 4.69) is 0 Å². The number of likely N-dealkylation sites (N-methyl/N-ethyl adjacent to an activating group) is 1. The largest absolute Gasteiger partial charge is 0.436 e. The Bertz CT molecular complexity index is 770. The average molecular weight is 344 g/mol. The highest BCUT2D eigenvalue weighted by Gasteiger charge is 2.38. The van der Waals surface area contributed by atoms with Crippen LogP contribution in [0.4, 0.5) is 4.79 Å². The van der Waals surface area contributed by atoms with E-state index in [0.717, 1.165) is 22.3 Å². The van der Waals surface area contributed by atoms with Gasteiger partial charge in [-0.15, -0.1) is 0 Å². The highest BCUT2D eigenvalue weighted by Crippen LogP contribution is 2.45. The number of nitrogens with zero attached hydrogens (tertiary/aromatic N) is 1. The van der Waals surface area contributed by atoms with Crippen LogP contribution in [0.1, 0.15) is 31.1 Å². The smallest absolute Gasteiger partial charge is 0.411 e. The summed E-state index contributed by atoms with van der Waals surface area (Å²) in [6.45, 7) is 3.17. The Morgan fingerprint density at radius 2 is 1.46 bits per heavy atom. The maximum absolute atomic E-state index is 12.6. The first-order valence-corrected chi connectivity index (χ1v) is 8.04. The molecule has 0 unspecified atom stereocenters. The Hall–Kier alpha value is -2.33. The molecule has 0 heterocycles. The molecule has 2 aromatic carbocycles. The lowest BCUT2D eigenvalue weighted by atomic mass is 10.1. The van der Waals surface area contributed by atoms with E-state index in [9.17, 15) is 9.59 Å². The van der Waals surface area contributed by atoms with E-state index in [0.29, 0.717) is 0 Å². The predicted molar refractivity (Wildman–Crippen MR) is 92.9 cm³/mol. The standard InChI is InChI=1S/C19H18ClNO3/c1-19(2,17(20)22)21(3)18(23)24-16-14-10-6-4-8-12(14)13-9-5-7-11-15(13)16/h4-11,16H,1-3H3. The van der Waals surface area contributed by atoms with Crippen LogP contribution in [0.15, 0.2) is 48.5 Å². The maximum atomic E-state index is 12.6. The van der Waals surface area contributed by atoms with Crippen LogP contribution < -0.4 is 0 Å². The van der Waals surface area contributed by atoms with Crippen LogP contribution in [0.5, 0.6) is 0 Å². The number of hydrogen-bond acceptors (Lipinski definition) is 3. The summed E-state index contributed by atoms with van der Waals surface area (Å²) in [7, 11) is 1.51. The van der Waals surface area contributed by atoms with E-state index in [-0.39, 0.29) is 0 Å². The maximum Gasteiger partial charge on any atom is 0.411 e. The third-order valence-electron chi connectivity index (χ3n) is 4.59. The van der Waals surface area contributed by atoms with E-state index < -0.39 is 23.0 Å². The fourth-order valence-corrected chi connectivity index (χ4v) is 2.90. The molecule has 24 heavy (non-hydrogen) atoms. The van der Waals surface area contributed by atoms with Crippen molar-refractivity contribution in [3.63, 3.8) is 0 Å². The summed E-state index contributed by atoms with van der Waals surface area (Å²) in [5.41, 5.74) is 2.85. The quantitative estimate of drug-likeness (QED) is 0.777. The molecule has 1 aliphatic carbocycles. The van der Waals surface area contributed by atoms with Crippen LogP contribution >= 0.6 is 11.6 Å². The summed E-state index contributed by atoms with van der Waals surface area (Å²) in [6, 6.07) is 15.7. The topological polar surface area (TPSA) is 46.6 Å². The summed E-state index contributed by atoms with van der Waals surface area (Å²) in [5, 5.41) is -0.617. The lowest BCUT2D eigenvalue weighted by Crippen LogP contribution is -2.49. The van der Waals surface area contributed by atoms with Gasteiger partial charge in [-0.05, 0) is 36.6 Å². The number of rotatable bonds is 3. The fraction of sp³-hybridized carbons (Fsp3) is 0.263. The summed E-state index contributed by atoms with van der Waals surface area (Å²) < 4.78 is 5.74. The minimum absolute atomic E-state index is 0.492. The number of carbonyl (C=O) groups excluding carboxylic acids is 2. The van der Waals surface area contributed by atoms with Gasteiger partial charge in [0, 0.05) is 18.2 Å². The monoisotopic (exact) mass is 343 g/mol. The van der Waals surface area contributed by atoms with Gasteiger partial charge in [0.2, 0.25) is 5.24 Å². The second-order valence-electron chi connectivity index (χ2n) is 6.33. The van der Waals surface area contributed by atoms with Crippen molar-refractivity contribution in [1.29, 1.82) is 0 Å². The Morgan fingerprint density at radius 1 is 1.00 bits per heavy atom. The number of fused-ring (bicyclic) bond motifs is 3. The summed E-state index contributed by atoms with van der Waals surface area (Å²) in [4.78, 5) is 25.4. The van der Waals surface area contributed by atoms with Crippen molar-refractivity contribution < 1.29 is 14.3 Å². The van der Waals surface area contributed by atoms with Crippen molar-refractivity contribution >= 4 is 22.9 Å². The highest BCUT2D eigenvalue weighted by molar-refractivity contribution is 6.65. The van der Waals surface area contributed by atoms with Gasteiger partial charge >= 0.3 is 6.09 Å². The minimum Gasteiger partial charge on any atom is -0.436 e. The molecule has 0 N–H and O–H groups in total. The van der Waals surface area contributed by atoms with Crippen LogP contribution in [0.2, 0.25) is 0 Å². The first-order valence-electron chi connectivity index (χ1n) is 7.66. The fourth-order valence-electron chi connectivity index (χ4n) is 2.78. The van der Waals surface area contributed by atoms with Gasteiger partial charge in [0.15, 0.2) is 6.10 Å². The first-order chi connectivity index (χ1) is 11.3. The van der Waals surface area contributed by atoms with E-state index >= 15 is 0 Å². The molecule has 0 spiro atoms. The average Bonchev–Trinajstić information content (AvgIpc) is 2.88. The van der Waals surface area contributed by atoms with Crippen molar-refractivity contribution in [2.45, 2.75) is 25.5 Å². The molecule has 0 aromatic heterocycles. The third-order valence-corrected chi connectivity index (χ3v) is 5.05. The minimum atomic E-state index is -1.14.